The molecule has 1 atom stereocenters. The Kier molecular flexibility index (Phi) is 4.20. The van der Waals surface area contributed by atoms with Crippen molar-refractivity contribution in [1.29, 1.82) is 0 Å². The van der Waals surface area contributed by atoms with E-state index in [1.54, 1.807) is 23.4 Å². The molecule has 0 saturated carbocycles. The van der Waals surface area contributed by atoms with Crippen LogP contribution in [0.25, 0.3) is 0 Å². The molecule has 1 aromatic carbocycles. The van der Waals surface area contributed by atoms with Crippen molar-refractivity contribution in [2.24, 2.45) is 15.1 Å². The maximum Gasteiger partial charge on any atom is 0.278 e. The summed E-state index contributed by atoms with van der Waals surface area (Å²) >= 11 is 0. The summed E-state index contributed by atoms with van der Waals surface area (Å²) in [5, 5.41) is 5.85. The van der Waals surface area contributed by atoms with Crippen LogP contribution in [0.3, 0.4) is 0 Å². The van der Waals surface area contributed by atoms with Crippen molar-refractivity contribution in [3.63, 3.8) is 0 Å². The number of carbonyl (C=O) groups is 1. The number of ether oxygens (including phenoxy) is 3. The highest BCUT2D eigenvalue weighted by molar-refractivity contribution is 6.43. The van der Waals surface area contributed by atoms with Gasteiger partial charge in [-0.15, -0.1) is 0 Å². The number of carbonyl (C=O) groups excluding carboxylic acids is 1. The standard InChI is InChI=1S/C16H18N4O4/c1-5-20-14-10(8-17-20)18-15(19-16(14)21)9-6-12(23-3)13(24-4)7-11(9)22-2/h6-8,14H,5H2,1-4H3. The number of amides is 1. The Morgan fingerprint density at radius 1 is 1.04 bits per heavy atom. The number of aliphatic imine (C=N–C) groups is 2. The zero-order chi connectivity index (χ0) is 17.3. The van der Waals surface area contributed by atoms with E-state index >= 15 is 0 Å². The number of likely N-dealkylation sites (N-methyl/N-ethyl adjacent to an activating group) is 1. The van der Waals surface area contributed by atoms with Gasteiger partial charge in [-0.3, -0.25) is 9.80 Å². The van der Waals surface area contributed by atoms with Gasteiger partial charge >= 0.3 is 0 Å². The van der Waals surface area contributed by atoms with Gasteiger partial charge in [0, 0.05) is 12.6 Å². The number of methoxy groups -OCH3 is 3. The van der Waals surface area contributed by atoms with Crippen LogP contribution in [-0.4, -0.2) is 62.6 Å². The predicted octanol–water partition coefficient (Wildman–Crippen LogP) is 1.13. The normalized spacial score (nSPS) is 18.9. The van der Waals surface area contributed by atoms with Gasteiger partial charge in [0.15, 0.2) is 23.4 Å². The topological polar surface area (TPSA) is 85.1 Å². The monoisotopic (exact) mass is 330 g/mol. The molecule has 0 aromatic heterocycles. The van der Waals surface area contributed by atoms with Crippen molar-refractivity contribution < 1.29 is 19.0 Å². The fourth-order valence-corrected chi connectivity index (χ4v) is 2.67. The van der Waals surface area contributed by atoms with Crippen LogP contribution in [0.1, 0.15) is 12.5 Å². The van der Waals surface area contributed by atoms with E-state index in [4.69, 9.17) is 14.2 Å². The van der Waals surface area contributed by atoms with Crippen molar-refractivity contribution in [3.8, 4) is 17.2 Å². The lowest BCUT2D eigenvalue weighted by Gasteiger charge is -2.22. The fraction of sp³-hybridized carbons (Fsp3) is 0.375. The zero-order valence-corrected chi connectivity index (χ0v) is 13.9. The first-order valence-corrected chi connectivity index (χ1v) is 7.45. The average Bonchev–Trinajstić information content (AvgIpc) is 3.04. The molecular weight excluding hydrogens is 312 g/mol. The van der Waals surface area contributed by atoms with Crippen molar-refractivity contribution in [2.45, 2.75) is 13.0 Å². The van der Waals surface area contributed by atoms with E-state index in [9.17, 15) is 4.79 Å². The highest BCUT2D eigenvalue weighted by atomic mass is 16.5. The molecule has 0 saturated heterocycles. The van der Waals surface area contributed by atoms with Crippen LogP contribution in [0.15, 0.2) is 27.2 Å². The molecular formula is C16H18N4O4. The van der Waals surface area contributed by atoms with Crippen LogP contribution in [0.5, 0.6) is 17.2 Å². The molecule has 2 aliphatic heterocycles. The lowest BCUT2D eigenvalue weighted by atomic mass is 10.1. The molecule has 1 amide bonds. The van der Waals surface area contributed by atoms with E-state index in [1.807, 2.05) is 6.92 Å². The summed E-state index contributed by atoms with van der Waals surface area (Å²) < 4.78 is 16.0. The largest absolute Gasteiger partial charge is 0.496 e. The van der Waals surface area contributed by atoms with Crippen LogP contribution < -0.4 is 14.2 Å². The molecule has 0 N–H and O–H groups in total. The minimum absolute atomic E-state index is 0.272. The number of amidine groups is 1. The van der Waals surface area contributed by atoms with Crippen molar-refractivity contribution in [3.05, 3.63) is 17.7 Å². The smallest absolute Gasteiger partial charge is 0.278 e. The Balaban J connectivity index is 2.07. The number of rotatable bonds is 5. The van der Waals surface area contributed by atoms with Gasteiger partial charge in [0.25, 0.3) is 5.91 Å². The Morgan fingerprint density at radius 2 is 1.71 bits per heavy atom. The zero-order valence-electron chi connectivity index (χ0n) is 13.9. The molecule has 2 aliphatic rings. The molecule has 24 heavy (non-hydrogen) atoms. The molecule has 2 heterocycles. The molecule has 1 aromatic rings. The molecule has 0 spiro atoms. The van der Waals surface area contributed by atoms with Gasteiger partial charge in [0.05, 0.1) is 38.8 Å². The van der Waals surface area contributed by atoms with Gasteiger partial charge in [0.1, 0.15) is 5.75 Å². The molecule has 8 heteroatoms. The number of benzene rings is 1. The van der Waals surface area contributed by atoms with E-state index in [-0.39, 0.29) is 11.7 Å². The second-order valence-electron chi connectivity index (χ2n) is 5.12. The van der Waals surface area contributed by atoms with Crippen molar-refractivity contribution >= 4 is 23.7 Å². The SMILES string of the molecule is CCN1N=CC2=NC(c3cc(OC)c(OC)cc3OC)=NC(=O)C21. The van der Waals surface area contributed by atoms with Gasteiger partial charge in [-0.2, -0.15) is 10.1 Å². The third-order valence-corrected chi connectivity index (χ3v) is 3.87. The summed E-state index contributed by atoms with van der Waals surface area (Å²) in [6.45, 7) is 2.53. The minimum atomic E-state index is -0.537. The highest BCUT2D eigenvalue weighted by Crippen LogP contribution is 2.35. The summed E-state index contributed by atoms with van der Waals surface area (Å²) in [7, 11) is 4.60. The van der Waals surface area contributed by atoms with Crippen molar-refractivity contribution in [1.82, 2.24) is 5.01 Å². The quantitative estimate of drug-likeness (QED) is 0.808. The summed E-state index contributed by atoms with van der Waals surface area (Å²) in [6.07, 6.45) is 1.59. The third-order valence-electron chi connectivity index (χ3n) is 3.87. The van der Waals surface area contributed by atoms with E-state index in [0.29, 0.717) is 35.1 Å². The minimum Gasteiger partial charge on any atom is -0.496 e. The van der Waals surface area contributed by atoms with Crippen LogP contribution in [0.2, 0.25) is 0 Å². The summed E-state index contributed by atoms with van der Waals surface area (Å²) in [5.74, 6) is 1.48. The predicted molar refractivity (Wildman–Crippen MR) is 89.7 cm³/mol. The van der Waals surface area contributed by atoms with Crippen LogP contribution >= 0.6 is 0 Å². The van der Waals surface area contributed by atoms with Crippen molar-refractivity contribution in [2.75, 3.05) is 27.9 Å². The van der Waals surface area contributed by atoms with Crippen LogP contribution in [-0.2, 0) is 4.79 Å². The maximum atomic E-state index is 12.4. The van der Waals surface area contributed by atoms with E-state index in [2.05, 4.69) is 15.1 Å². The Labute approximate surface area is 139 Å². The van der Waals surface area contributed by atoms with Crippen LogP contribution in [0.4, 0.5) is 0 Å². The van der Waals surface area contributed by atoms with Crippen LogP contribution in [0, 0.1) is 0 Å². The molecule has 0 bridgehead atoms. The first-order valence-electron chi connectivity index (χ1n) is 7.45. The second kappa shape index (κ2) is 6.31. The number of nitrogens with zero attached hydrogens (tertiary/aromatic N) is 4. The molecule has 0 fully saturated rings. The molecule has 3 rings (SSSR count). The Bertz CT molecular complexity index is 770. The lowest BCUT2D eigenvalue weighted by molar-refractivity contribution is -0.120. The van der Waals surface area contributed by atoms with Gasteiger partial charge in [-0.1, -0.05) is 0 Å². The molecule has 1 unspecified atom stereocenters. The number of hydrogen-bond donors (Lipinski definition) is 0. The lowest BCUT2D eigenvalue weighted by Crippen LogP contribution is -2.41. The number of fused-ring (bicyclic) bond motifs is 1. The van der Waals surface area contributed by atoms with Gasteiger partial charge in [-0.05, 0) is 13.0 Å². The summed E-state index contributed by atoms with van der Waals surface area (Å²) in [6, 6.07) is 2.83. The first-order chi connectivity index (χ1) is 11.6. The maximum absolute atomic E-state index is 12.4. The molecule has 0 aliphatic carbocycles. The average molecular weight is 330 g/mol. The van der Waals surface area contributed by atoms with E-state index in [1.165, 1.54) is 21.3 Å². The summed E-state index contributed by atoms with van der Waals surface area (Å²) in [4.78, 5) is 21.0. The number of hydrazone groups is 1. The first kappa shape index (κ1) is 16.0. The number of hydrogen-bond acceptors (Lipinski definition) is 7. The second-order valence-corrected chi connectivity index (χ2v) is 5.12. The molecule has 126 valence electrons. The van der Waals surface area contributed by atoms with Gasteiger partial charge in [0.2, 0.25) is 0 Å². The van der Waals surface area contributed by atoms with E-state index in [0.717, 1.165) is 0 Å². The summed E-state index contributed by atoms with van der Waals surface area (Å²) in [5.41, 5.74) is 1.13. The van der Waals surface area contributed by atoms with Gasteiger partial charge < -0.3 is 14.2 Å². The molecule has 0 radical (unpaired) electrons. The Hall–Kier alpha value is -2.90. The third kappa shape index (κ3) is 2.49. The van der Waals surface area contributed by atoms with E-state index < -0.39 is 6.04 Å². The van der Waals surface area contributed by atoms with Gasteiger partial charge in [-0.25, -0.2) is 4.99 Å². The highest BCUT2D eigenvalue weighted by Gasteiger charge is 2.36. The Morgan fingerprint density at radius 3 is 2.33 bits per heavy atom. The molecule has 8 nitrogen and oxygen atoms in total. The fourth-order valence-electron chi connectivity index (χ4n) is 2.67.